The number of hydrogen-bond acceptors (Lipinski definition) is 3. The molecule has 0 unspecified atom stereocenters. The number of anilines is 1. The predicted octanol–water partition coefficient (Wildman–Crippen LogP) is 4.13. The number of halogens is 2. The second-order valence-corrected chi connectivity index (χ2v) is 11.2. The summed E-state index contributed by atoms with van der Waals surface area (Å²) in [7, 11) is 0. The third-order valence-electron chi connectivity index (χ3n) is 6.62. The average Bonchev–Trinajstić information content (AvgIpc) is 3.25. The van der Waals surface area contributed by atoms with E-state index in [9.17, 15) is 14.4 Å². The molecule has 1 aromatic carbocycles. The number of hydrogen-bond donors (Lipinski definition) is 1. The number of benzene rings is 1. The fourth-order valence-electron chi connectivity index (χ4n) is 5.40. The Morgan fingerprint density at radius 2 is 1.72 bits per heavy atom. The smallest absolute Gasteiger partial charge is 0.247 e. The number of aryl methyl sites for hydroxylation is 1. The van der Waals surface area contributed by atoms with Crippen molar-refractivity contribution >= 4 is 55.3 Å². The maximum absolute atomic E-state index is 13.4. The van der Waals surface area contributed by atoms with Crippen molar-refractivity contribution in [2.75, 3.05) is 5.32 Å². The molecule has 7 atom stereocenters. The molecule has 2 aliphatic carbocycles. The van der Waals surface area contributed by atoms with Gasteiger partial charge in [-0.2, -0.15) is 0 Å². The lowest BCUT2D eigenvalue weighted by atomic mass is 9.81. The summed E-state index contributed by atoms with van der Waals surface area (Å²) in [5.74, 6) is -0.745. The Labute approximate surface area is 188 Å². The van der Waals surface area contributed by atoms with Crippen molar-refractivity contribution in [1.29, 1.82) is 0 Å². The fraction of sp³-hybridized carbons (Fsp3) is 0.591. The van der Waals surface area contributed by atoms with E-state index in [1.165, 1.54) is 4.90 Å². The molecule has 3 aliphatic rings. The summed E-state index contributed by atoms with van der Waals surface area (Å²) in [5.41, 5.74) is 1.72. The van der Waals surface area contributed by atoms with Crippen LogP contribution in [-0.4, -0.2) is 38.3 Å². The topological polar surface area (TPSA) is 66.5 Å². The van der Waals surface area contributed by atoms with Crippen LogP contribution in [0.5, 0.6) is 0 Å². The Bertz CT molecular complexity index is 826. The summed E-state index contributed by atoms with van der Waals surface area (Å²) >= 11 is 7.43. The molecule has 4 rings (SSSR count). The Kier molecular flexibility index (Phi) is 5.66. The van der Waals surface area contributed by atoms with E-state index in [0.29, 0.717) is 12.1 Å². The fourth-order valence-corrected chi connectivity index (χ4v) is 7.28. The molecule has 5 nitrogen and oxygen atoms in total. The van der Waals surface area contributed by atoms with E-state index < -0.39 is 6.04 Å². The Balaban J connectivity index is 1.61. The van der Waals surface area contributed by atoms with Crippen molar-refractivity contribution in [2.24, 2.45) is 29.6 Å². The monoisotopic (exact) mass is 524 g/mol. The number of nitrogens with one attached hydrogen (secondary N) is 1. The third-order valence-corrected chi connectivity index (χ3v) is 9.82. The quantitative estimate of drug-likeness (QED) is 0.464. The number of carbonyl (C=O) groups is 3. The van der Waals surface area contributed by atoms with Gasteiger partial charge in [0.05, 0.1) is 11.8 Å². The van der Waals surface area contributed by atoms with Gasteiger partial charge < -0.3 is 5.32 Å². The van der Waals surface area contributed by atoms with Crippen LogP contribution in [0.4, 0.5) is 5.69 Å². The number of likely N-dealkylation sites (tertiary alicyclic amines) is 1. The first-order chi connectivity index (χ1) is 13.7. The van der Waals surface area contributed by atoms with Crippen molar-refractivity contribution in [3.05, 3.63) is 29.8 Å². The normalized spacial score (nSPS) is 34.1. The van der Waals surface area contributed by atoms with Gasteiger partial charge in [-0.3, -0.25) is 19.3 Å². The van der Waals surface area contributed by atoms with Gasteiger partial charge in [-0.25, -0.2) is 0 Å². The van der Waals surface area contributed by atoms with Gasteiger partial charge in [0.25, 0.3) is 0 Å². The molecule has 3 amide bonds. The minimum Gasteiger partial charge on any atom is -0.324 e. The van der Waals surface area contributed by atoms with Crippen LogP contribution in [0.25, 0.3) is 0 Å². The summed E-state index contributed by atoms with van der Waals surface area (Å²) in [4.78, 5) is 41.6. The van der Waals surface area contributed by atoms with Crippen LogP contribution in [0.1, 0.15) is 32.3 Å². The van der Waals surface area contributed by atoms with Crippen LogP contribution in [0.3, 0.4) is 0 Å². The van der Waals surface area contributed by atoms with Crippen molar-refractivity contribution in [3.63, 3.8) is 0 Å². The third kappa shape index (κ3) is 3.48. The first-order valence-corrected chi connectivity index (χ1v) is 12.1. The number of carbonyl (C=O) groups excluding carboxylic acids is 3. The zero-order valence-electron chi connectivity index (χ0n) is 16.8. The highest BCUT2D eigenvalue weighted by atomic mass is 79.9. The molecule has 3 fully saturated rings. The molecule has 7 heteroatoms. The highest BCUT2D eigenvalue weighted by Crippen LogP contribution is 2.60. The van der Waals surface area contributed by atoms with E-state index in [0.717, 1.165) is 12.0 Å². The average molecular weight is 526 g/mol. The second-order valence-electron chi connectivity index (χ2n) is 9.05. The van der Waals surface area contributed by atoms with Gasteiger partial charge in [0, 0.05) is 15.3 Å². The summed E-state index contributed by atoms with van der Waals surface area (Å²) in [6, 6.07) is 6.77. The van der Waals surface area contributed by atoms with Gasteiger partial charge >= 0.3 is 0 Å². The minimum absolute atomic E-state index is 0.148. The number of alkyl halides is 2. The molecular formula is C22H26Br2N2O3. The van der Waals surface area contributed by atoms with Crippen molar-refractivity contribution < 1.29 is 14.4 Å². The van der Waals surface area contributed by atoms with Gasteiger partial charge in [0.15, 0.2) is 0 Å². The SMILES string of the molecule is Cc1cccc(NC(=O)[C@@H](CC(C)C)N2C(=O)[C@H]3[C@@H]4C[C@H]([C@@H](Br)[C@H]4Br)[C@@H]3C2=O)c1. The van der Waals surface area contributed by atoms with Crippen LogP contribution in [0.2, 0.25) is 0 Å². The molecule has 1 saturated heterocycles. The summed E-state index contributed by atoms with van der Waals surface area (Å²) in [5, 5.41) is 2.92. The van der Waals surface area contributed by atoms with E-state index in [1.54, 1.807) is 0 Å². The summed E-state index contributed by atoms with van der Waals surface area (Å²) in [6.45, 7) is 5.97. The number of nitrogens with zero attached hydrogens (tertiary/aromatic N) is 1. The maximum Gasteiger partial charge on any atom is 0.247 e. The zero-order chi connectivity index (χ0) is 21.0. The summed E-state index contributed by atoms with van der Waals surface area (Å²) < 4.78 is 0. The van der Waals surface area contributed by atoms with E-state index in [-0.39, 0.29) is 57.0 Å². The molecule has 29 heavy (non-hydrogen) atoms. The first kappa shape index (κ1) is 21.0. The van der Waals surface area contributed by atoms with Crippen molar-refractivity contribution in [2.45, 2.75) is 49.3 Å². The van der Waals surface area contributed by atoms with Crippen LogP contribution in [-0.2, 0) is 14.4 Å². The molecule has 2 bridgehead atoms. The molecular weight excluding hydrogens is 500 g/mol. The molecule has 0 radical (unpaired) electrons. The Morgan fingerprint density at radius 1 is 1.14 bits per heavy atom. The Hall–Kier alpha value is -1.21. The van der Waals surface area contributed by atoms with Crippen LogP contribution < -0.4 is 5.32 Å². The van der Waals surface area contributed by atoms with Crippen LogP contribution in [0.15, 0.2) is 24.3 Å². The lowest BCUT2D eigenvalue weighted by Gasteiger charge is -2.28. The number of amides is 3. The van der Waals surface area contributed by atoms with Crippen molar-refractivity contribution in [1.82, 2.24) is 4.90 Å². The number of fused-ring (bicyclic) bond motifs is 5. The second kappa shape index (κ2) is 7.80. The van der Waals surface area contributed by atoms with Gasteiger partial charge in [0.2, 0.25) is 17.7 Å². The molecule has 1 aliphatic heterocycles. The standard InChI is InChI=1S/C22H26Br2N2O3/c1-10(2)7-15(20(27)25-12-6-4-5-11(3)8-12)26-21(28)16-13-9-14(17(16)22(26)29)19(24)18(13)23/h4-6,8,10,13-19H,7,9H2,1-3H3,(H,25,27)/t13-,14-,15+,16-,17-,18-,19+/m0/s1. The lowest BCUT2D eigenvalue weighted by molar-refractivity contribution is -0.147. The minimum atomic E-state index is -0.775. The first-order valence-electron chi connectivity index (χ1n) is 10.2. The Morgan fingerprint density at radius 3 is 2.24 bits per heavy atom. The molecule has 1 aromatic rings. The van der Waals surface area contributed by atoms with Gasteiger partial charge in [0.1, 0.15) is 6.04 Å². The largest absolute Gasteiger partial charge is 0.324 e. The highest BCUT2D eigenvalue weighted by molar-refractivity contribution is 9.12. The molecule has 1 N–H and O–H groups in total. The molecule has 1 heterocycles. The maximum atomic E-state index is 13.4. The number of imide groups is 1. The van der Waals surface area contributed by atoms with Gasteiger partial charge in [-0.1, -0.05) is 57.8 Å². The van der Waals surface area contributed by atoms with Gasteiger partial charge in [-0.15, -0.1) is 0 Å². The van der Waals surface area contributed by atoms with Crippen molar-refractivity contribution in [3.8, 4) is 0 Å². The predicted molar refractivity (Wildman–Crippen MR) is 119 cm³/mol. The molecule has 2 saturated carbocycles. The summed E-state index contributed by atoms with van der Waals surface area (Å²) in [6.07, 6.45) is 1.34. The molecule has 0 spiro atoms. The van der Waals surface area contributed by atoms with E-state index in [2.05, 4.69) is 37.2 Å². The van der Waals surface area contributed by atoms with E-state index >= 15 is 0 Å². The zero-order valence-corrected chi connectivity index (χ0v) is 19.9. The van der Waals surface area contributed by atoms with Crippen LogP contribution >= 0.6 is 31.9 Å². The lowest BCUT2D eigenvalue weighted by Crippen LogP contribution is -2.49. The van der Waals surface area contributed by atoms with Crippen LogP contribution in [0, 0.1) is 36.5 Å². The highest BCUT2D eigenvalue weighted by Gasteiger charge is 2.67. The molecule has 0 aromatic heterocycles. The van der Waals surface area contributed by atoms with Gasteiger partial charge in [-0.05, 0) is 55.2 Å². The number of rotatable bonds is 5. The van der Waals surface area contributed by atoms with E-state index in [4.69, 9.17) is 0 Å². The molecule has 156 valence electrons. The van der Waals surface area contributed by atoms with E-state index in [1.807, 2.05) is 45.0 Å².